The van der Waals surface area contributed by atoms with Gasteiger partial charge in [0.05, 0.1) is 39.5 Å². The van der Waals surface area contributed by atoms with Gasteiger partial charge in [0.2, 0.25) is 5.91 Å². The third kappa shape index (κ3) is 7.27. The fourth-order valence-corrected chi connectivity index (χ4v) is 4.64. The molecule has 2 aromatic carbocycles. The first-order chi connectivity index (χ1) is 16.7. The van der Waals surface area contributed by atoms with Crippen molar-refractivity contribution in [3.63, 3.8) is 0 Å². The Labute approximate surface area is 203 Å². The van der Waals surface area contributed by atoms with Crippen LogP contribution in [0.25, 0.3) is 0 Å². The van der Waals surface area contributed by atoms with Gasteiger partial charge in [0, 0.05) is 57.9 Å². The summed E-state index contributed by atoms with van der Waals surface area (Å²) in [5, 5.41) is 0. The predicted octanol–water partition coefficient (Wildman–Crippen LogP) is 2.30. The molecular weight excluding hydrogens is 430 g/mol. The van der Waals surface area contributed by atoms with E-state index in [0.29, 0.717) is 26.1 Å². The van der Waals surface area contributed by atoms with Gasteiger partial charge >= 0.3 is 0 Å². The maximum atomic E-state index is 13.3. The molecule has 2 aliphatic rings. The molecule has 1 atom stereocenters. The van der Waals surface area contributed by atoms with Crippen LogP contribution in [-0.2, 0) is 27.2 Å². The average molecular weight is 468 g/mol. The van der Waals surface area contributed by atoms with Crippen LogP contribution < -0.4 is 4.74 Å². The first kappa shape index (κ1) is 24.7. The molecular formula is C27H37N3O4. The highest BCUT2D eigenvalue weighted by molar-refractivity contribution is 5.78. The molecule has 2 aliphatic heterocycles. The molecule has 7 heteroatoms. The van der Waals surface area contributed by atoms with E-state index in [1.54, 1.807) is 7.11 Å². The van der Waals surface area contributed by atoms with Gasteiger partial charge in [-0.15, -0.1) is 0 Å². The van der Waals surface area contributed by atoms with E-state index in [1.807, 2.05) is 53.4 Å². The molecule has 2 aromatic rings. The Bertz CT molecular complexity index is 888. The second-order valence-electron chi connectivity index (χ2n) is 9.00. The molecule has 4 rings (SSSR count). The molecule has 2 heterocycles. The van der Waals surface area contributed by atoms with Crippen LogP contribution in [0.3, 0.4) is 0 Å². The molecule has 34 heavy (non-hydrogen) atoms. The molecule has 0 radical (unpaired) electrons. The lowest BCUT2D eigenvalue weighted by molar-refractivity contribution is -0.134. The van der Waals surface area contributed by atoms with Crippen molar-refractivity contribution in [3.8, 4) is 5.75 Å². The number of hydrogen-bond acceptors (Lipinski definition) is 6. The zero-order valence-corrected chi connectivity index (χ0v) is 20.2. The van der Waals surface area contributed by atoms with Crippen molar-refractivity contribution in [1.29, 1.82) is 0 Å². The van der Waals surface area contributed by atoms with Crippen LogP contribution in [0.2, 0.25) is 0 Å². The number of amides is 1. The van der Waals surface area contributed by atoms with Crippen LogP contribution in [0, 0.1) is 0 Å². The topological polar surface area (TPSA) is 54.5 Å². The second-order valence-corrected chi connectivity index (χ2v) is 9.00. The Morgan fingerprint density at radius 2 is 1.74 bits per heavy atom. The summed E-state index contributed by atoms with van der Waals surface area (Å²) in [6.07, 6.45) is 0.412. The number of nitrogens with zero attached hydrogens (tertiary/aromatic N) is 3. The SMILES string of the molecule is COc1ccccc1CN1CCOC(CN(CCN2CCOCC2)C(=O)Cc2ccccc2)C1. The first-order valence-electron chi connectivity index (χ1n) is 12.3. The zero-order valence-electron chi connectivity index (χ0n) is 20.2. The minimum absolute atomic E-state index is 0.00660. The maximum Gasteiger partial charge on any atom is 0.227 e. The molecule has 184 valence electrons. The summed E-state index contributed by atoms with van der Waals surface area (Å²) < 4.78 is 17.1. The van der Waals surface area contributed by atoms with Crippen LogP contribution in [0.4, 0.5) is 0 Å². The van der Waals surface area contributed by atoms with Gasteiger partial charge in [-0.3, -0.25) is 14.6 Å². The Morgan fingerprint density at radius 1 is 1.00 bits per heavy atom. The van der Waals surface area contributed by atoms with E-state index in [1.165, 1.54) is 5.56 Å². The van der Waals surface area contributed by atoms with E-state index >= 15 is 0 Å². The molecule has 2 fully saturated rings. The summed E-state index contributed by atoms with van der Waals surface area (Å²) in [4.78, 5) is 20.1. The van der Waals surface area contributed by atoms with Crippen LogP contribution in [-0.4, -0.2) is 99.5 Å². The molecule has 0 aliphatic carbocycles. The molecule has 1 amide bonds. The molecule has 1 unspecified atom stereocenters. The van der Waals surface area contributed by atoms with E-state index in [-0.39, 0.29) is 12.0 Å². The molecule has 0 bridgehead atoms. The van der Waals surface area contributed by atoms with Crippen molar-refractivity contribution in [2.45, 2.75) is 19.1 Å². The van der Waals surface area contributed by atoms with Gasteiger partial charge in [-0.2, -0.15) is 0 Å². The molecule has 7 nitrogen and oxygen atoms in total. The molecule has 0 saturated carbocycles. The Kier molecular flexibility index (Phi) is 9.33. The fraction of sp³-hybridized carbons (Fsp3) is 0.519. The fourth-order valence-electron chi connectivity index (χ4n) is 4.64. The van der Waals surface area contributed by atoms with Crippen molar-refractivity contribution in [2.24, 2.45) is 0 Å². The van der Waals surface area contributed by atoms with Crippen LogP contribution >= 0.6 is 0 Å². The van der Waals surface area contributed by atoms with Gasteiger partial charge in [-0.1, -0.05) is 48.5 Å². The normalized spacial score (nSPS) is 19.6. The number of ether oxygens (including phenoxy) is 3. The summed E-state index contributed by atoms with van der Waals surface area (Å²) in [6, 6.07) is 18.1. The van der Waals surface area contributed by atoms with Crippen LogP contribution in [0.1, 0.15) is 11.1 Å². The lowest BCUT2D eigenvalue weighted by Crippen LogP contribution is -2.50. The van der Waals surface area contributed by atoms with Crippen molar-refractivity contribution < 1.29 is 19.0 Å². The van der Waals surface area contributed by atoms with Crippen molar-refractivity contribution in [2.75, 3.05) is 72.7 Å². The Hall–Kier alpha value is -2.45. The standard InChI is InChI=1S/C27H37N3O4/c1-32-26-10-6-5-9-24(26)20-29-15-18-34-25(21-29)22-30(12-11-28-13-16-33-17-14-28)27(31)19-23-7-3-2-4-8-23/h2-10,25H,11-22H2,1H3. The smallest absolute Gasteiger partial charge is 0.227 e. The number of rotatable bonds is 10. The molecule has 0 aromatic heterocycles. The first-order valence-corrected chi connectivity index (χ1v) is 12.3. The number of carbonyl (C=O) groups is 1. The van der Waals surface area contributed by atoms with E-state index in [2.05, 4.69) is 15.9 Å². The third-order valence-corrected chi connectivity index (χ3v) is 6.57. The summed E-state index contributed by atoms with van der Waals surface area (Å²) in [5.41, 5.74) is 2.22. The highest BCUT2D eigenvalue weighted by Crippen LogP contribution is 2.21. The largest absolute Gasteiger partial charge is 0.496 e. The minimum atomic E-state index is -0.00660. The summed E-state index contributed by atoms with van der Waals surface area (Å²) in [6.45, 7) is 8.71. The van der Waals surface area contributed by atoms with E-state index in [9.17, 15) is 4.79 Å². The van der Waals surface area contributed by atoms with E-state index in [4.69, 9.17) is 14.2 Å². The van der Waals surface area contributed by atoms with Gasteiger partial charge in [0.1, 0.15) is 5.75 Å². The summed E-state index contributed by atoms with van der Waals surface area (Å²) >= 11 is 0. The van der Waals surface area contributed by atoms with Gasteiger partial charge < -0.3 is 19.1 Å². The second kappa shape index (κ2) is 12.9. The minimum Gasteiger partial charge on any atom is -0.496 e. The Balaban J connectivity index is 1.37. The lowest BCUT2D eigenvalue weighted by atomic mass is 10.1. The number of morpholine rings is 2. The van der Waals surface area contributed by atoms with Crippen molar-refractivity contribution in [3.05, 3.63) is 65.7 Å². The number of methoxy groups -OCH3 is 1. The lowest BCUT2D eigenvalue weighted by Gasteiger charge is -2.37. The van der Waals surface area contributed by atoms with Crippen molar-refractivity contribution in [1.82, 2.24) is 14.7 Å². The number of hydrogen-bond donors (Lipinski definition) is 0. The van der Waals surface area contributed by atoms with Crippen LogP contribution in [0.5, 0.6) is 5.75 Å². The maximum absolute atomic E-state index is 13.3. The van der Waals surface area contributed by atoms with Gasteiger partial charge in [0.25, 0.3) is 0 Å². The number of para-hydroxylation sites is 1. The number of carbonyl (C=O) groups excluding carboxylic acids is 1. The third-order valence-electron chi connectivity index (χ3n) is 6.57. The highest BCUT2D eigenvalue weighted by atomic mass is 16.5. The van der Waals surface area contributed by atoms with Gasteiger partial charge in [0.15, 0.2) is 0 Å². The summed E-state index contributed by atoms with van der Waals surface area (Å²) in [5.74, 6) is 1.07. The van der Waals surface area contributed by atoms with Crippen molar-refractivity contribution >= 4 is 5.91 Å². The van der Waals surface area contributed by atoms with E-state index in [0.717, 1.165) is 63.8 Å². The highest BCUT2D eigenvalue weighted by Gasteiger charge is 2.26. The summed E-state index contributed by atoms with van der Waals surface area (Å²) in [7, 11) is 1.71. The zero-order chi connectivity index (χ0) is 23.6. The molecule has 0 N–H and O–H groups in total. The average Bonchev–Trinajstić information content (AvgIpc) is 2.88. The van der Waals surface area contributed by atoms with Gasteiger partial charge in [-0.05, 0) is 11.6 Å². The van der Waals surface area contributed by atoms with Crippen LogP contribution in [0.15, 0.2) is 54.6 Å². The molecule has 2 saturated heterocycles. The quantitative estimate of drug-likeness (QED) is 0.535. The van der Waals surface area contributed by atoms with E-state index < -0.39 is 0 Å². The predicted molar refractivity (Wildman–Crippen MR) is 132 cm³/mol. The monoisotopic (exact) mass is 467 g/mol. The molecule has 0 spiro atoms. The van der Waals surface area contributed by atoms with Gasteiger partial charge in [-0.25, -0.2) is 0 Å². The number of benzene rings is 2. The Morgan fingerprint density at radius 3 is 2.53 bits per heavy atom.